The smallest absolute Gasteiger partial charge is 0.265 e. The number of benzene rings is 1. The number of rotatable bonds is 3. The number of imide groups is 1. The van der Waals surface area contributed by atoms with Crippen LogP contribution in [0.4, 0.5) is 0 Å². The third-order valence-electron chi connectivity index (χ3n) is 4.60. The van der Waals surface area contributed by atoms with E-state index < -0.39 is 8.32 Å². The number of carbonyl (C=O) groups is 2. The summed E-state index contributed by atoms with van der Waals surface area (Å²) in [6, 6.07) is 6.87. The van der Waals surface area contributed by atoms with E-state index in [9.17, 15) is 9.59 Å². The van der Waals surface area contributed by atoms with Gasteiger partial charge in [-0.3, -0.25) is 9.59 Å². The van der Waals surface area contributed by atoms with Gasteiger partial charge in [-0.25, -0.2) is 4.90 Å². The van der Waals surface area contributed by atoms with Gasteiger partial charge in [-0.2, -0.15) is 0 Å². The van der Waals surface area contributed by atoms with Crippen LogP contribution >= 0.6 is 0 Å². The second-order valence-corrected chi connectivity index (χ2v) is 12.3. The number of amides is 2. The molecular weight excluding hydrogens is 342 g/mol. The summed E-state index contributed by atoms with van der Waals surface area (Å²) in [5, 5.41) is 0. The maximum absolute atomic E-state index is 12.3. The third kappa shape index (κ3) is 3.98. The van der Waals surface area contributed by atoms with Crippen molar-refractivity contribution in [3.05, 3.63) is 47.7 Å². The van der Waals surface area contributed by atoms with Crippen molar-refractivity contribution in [2.24, 2.45) is 0 Å². The van der Waals surface area contributed by atoms with E-state index in [0.29, 0.717) is 11.1 Å². The lowest BCUT2D eigenvalue weighted by Gasteiger charge is -2.38. The van der Waals surface area contributed by atoms with Gasteiger partial charge in [0.2, 0.25) is 0 Å². The second kappa shape index (κ2) is 7.22. The Hall–Kier alpha value is -2.16. The van der Waals surface area contributed by atoms with E-state index in [1.807, 2.05) is 0 Å². The lowest BCUT2D eigenvalue weighted by atomic mass is 9.85. The first-order chi connectivity index (χ1) is 12.3. The summed E-state index contributed by atoms with van der Waals surface area (Å²) in [6.45, 7) is 6.54. The van der Waals surface area contributed by atoms with Gasteiger partial charge >= 0.3 is 0 Å². The van der Waals surface area contributed by atoms with Crippen LogP contribution in [0.5, 0.6) is 0 Å². The summed E-state index contributed by atoms with van der Waals surface area (Å²) >= 11 is 0. The summed E-state index contributed by atoms with van der Waals surface area (Å²) in [4.78, 5) is 25.8. The molecule has 0 bridgehead atoms. The van der Waals surface area contributed by atoms with Gasteiger partial charge in [-0.15, -0.1) is 0 Å². The van der Waals surface area contributed by atoms with E-state index in [4.69, 9.17) is 4.43 Å². The maximum Gasteiger partial charge on any atom is 0.265 e. The average molecular weight is 368 g/mol. The molecule has 136 valence electrons. The summed E-state index contributed by atoms with van der Waals surface area (Å²) < 4.78 is 6.42. The molecule has 1 aliphatic heterocycles. The number of hydrogen-bond acceptors (Lipinski definition) is 3. The van der Waals surface area contributed by atoms with Crippen LogP contribution < -0.4 is 0 Å². The lowest BCUT2D eigenvalue weighted by Crippen LogP contribution is -2.43. The van der Waals surface area contributed by atoms with Crippen molar-refractivity contribution in [1.29, 1.82) is 0 Å². The van der Waals surface area contributed by atoms with E-state index in [2.05, 4.69) is 31.5 Å². The molecule has 0 atom stereocenters. The van der Waals surface area contributed by atoms with Gasteiger partial charge < -0.3 is 4.43 Å². The predicted octanol–water partition coefficient (Wildman–Crippen LogP) is 4.35. The first-order valence-corrected chi connectivity index (χ1v) is 12.6. The molecule has 1 fully saturated rings. The van der Waals surface area contributed by atoms with Gasteiger partial charge in [0, 0.05) is 12.3 Å². The molecule has 1 heterocycles. The zero-order valence-corrected chi connectivity index (χ0v) is 16.7. The molecule has 1 aromatic carbocycles. The molecule has 0 saturated heterocycles. The summed E-state index contributed by atoms with van der Waals surface area (Å²) in [5.74, 6) is 5.73. The minimum absolute atomic E-state index is 0.297. The van der Waals surface area contributed by atoms with Gasteiger partial charge in [-0.05, 0) is 57.5 Å². The Morgan fingerprint density at radius 3 is 2.15 bits per heavy atom. The number of nitrogens with zero attached hydrogens (tertiary/aromatic N) is 1. The van der Waals surface area contributed by atoms with Gasteiger partial charge in [0.1, 0.15) is 5.60 Å². The monoisotopic (exact) mass is 367 g/mol. The Morgan fingerprint density at radius 1 is 1.04 bits per heavy atom. The van der Waals surface area contributed by atoms with Crippen LogP contribution in [-0.4, -0.2) is 30.6 Å². The molecule has 5 heteroatoms. The van der Waals surface area contributed by atoms with E-state index in [-0.39, 0.29) is 17.4 Å². The van der Waals surface area contributed by atoms with Crippen LogP contribution in [0.1, 0.15) is 52.8 Å². The van der Waals surface area contributed by atoms with Crippen LogP contribution in [0.3, 0.4) is 0 Å². The van der Waals surface area contributed by atoms with Crippen molar-refractivity contribution in [2.45, 2.75) is 57.3 Å². The average Bonchev–Trinajstić information content (AvgIpc) is 2.83. The summed E-state index contributed by atoms with van der Waals surface area (Å²) in [6.07, 6.45) is 8.44. The minimum atomic E-state index is -1.71. The van der Waals surface area contributed by atoms with Crippen molar-refractivity contribution in [1.82, 2.24) is 4.90 Å². The summed E-state index contributed by atoms with van der Waals surface area (Å²) in [5.41, 5.74) is 0.511. The topological polar surface area (TPSA) is 46.6 Å². The Balaban J connectivity index is 1.76. The first-order valence-electron chi connectivity index (χ1n) is 9.18. The quantitative estimate of drug-likeness (QED) is 0.453. The fourth-order valence-corrected chi connectivity index (χ4v) is 5.02. The Kier molecular flexibility index (Phi) is 5.17. The molecule has 0 aromatic heterocycles. The van der Waals surface area contributed by atoms with E-state index in [1.54, 1.807) is 30.3 Å². The van der Waals surface area contributed by atoms with E-state index in [1.165, 1.54) is 12.6 Å². The molecule has 4 nitrogen and oxygen atoms in total. The van der Waals surface area contributed by atoms with Crippen LogP contribution in [0.2, 0.25) is 19.6 Å². The minimum Gasteiger partial charge on any atom is -0.402 e. The van der Waals surface area contributed by atoms with Gasteiger partial charge in [0.25, 0.3) is 11.8 Å². The molecule has 3 rings (SSSR count). The van der Waals surface area contributed by atoms with Crippen LogP contribution in [0.15, 0.2) is 36.5 Å². The fourth-order valence-electron chi connectivity index (χ4n) is 3.59. The third-order valence-corrected chi connectivity index (χ3v) is 5.60. The lowest BCUT2D eigenvalue weighted by molar-refractivity contribution is 0.0721. The SMILES string of the molecule is C[Si](C)(C)OC1(C#C/C=C/N2C(=O)c3ccccc3C2=O)CCCCC1. The molecule has 0 radical (unpaired) electrons. The Labute approximate surface area is 156 Å². The fraction of sp³-hybridized carbons (Fsp3) is 0.429. The van der Waals surface area contributed by atoms with Crippen molar-refractivity contribution in [3.63, 3.8) is 0 Å². The molecule has 1 saturated carbocycles. The van der Waals surface area contributed by atoms with E-state index in [0.717, 1.165) is 30.6 Å². The molecule has 26 heavy (non-hydrogen) atoms. The van der Waals surface area contributed by atoms with Crippen molar-refractivity contribution >= 4 is 20.1 Å². The number of allylic oxidation sites excluding steroid dienone is 1. The number of fused-ring (bicyclic) bond motifs is 1. The highest BCUT2D eigenvalue weighted by Crippen LogP contribution is 2.33. The zero-order chi connectivity index (χ0) is 18.8. The molecular formula is C21H25NO3Si. The van der Waals surface area contributed by atoms with Crippen LogP contribution in [-0.2, 0) is 4.43 Å². The molecule has 2 amide bonds. The highest BCUT2D eigenvalue weighted by Gasteiger charge is 2.36. The number of hydrogen-bond donors (Lipinski definition) is 0. The number of carbonyl (C=O) groups excluding carboxylic acids is 2. The first kappa shape index (κ1) is 18.6. The van der Waals surface area contributed by atoms with Crippen LogP contribution in [0, 0.1) is 11.8 Å². The van der Waals surface area contributed by atoms with Crippen molar-refractivity contribution in [3.8, 4) is 11.8 Å². The molecule has 0 spiro atoms. The van der Waals surface area contributed by atoms with Crippen molar-refractivity contribution in [2.75, 3.05) is 0 Å². The Morgan fingerprint density at radius 2 is 1.62 bits per heavy atom. The van der Waals surface area contributed by atoms with Crippen LogP contribution in [0.25, 0.3) is 0 Å². The normalized spacial score (nSPS) is 19.4. The summed E-state index contributed by atoms with van der Waals surface area (Å²) in [7, 11) is -1.71. The zero-order valence-electron chi connectivity index (χ0n) is 15.7. The van der Waals surface area contributed by atoms with Crippen molar-refractivity contribution < 1.29 is 14.0 Å². The standard InChI is InChI=1S/C21H25NO3Si/c1-26(2,3)25-21(13-7-4-8-14-21)15-9-10-16-22-19(23)17-11-5-6-12-18(17)20(22)24/h5-6,10-12,16H,4,7-8,13-14H2,1-3H3/b16-10+. The molecule has 0 unspecified atom stereocenters. The maximum atomic E-state index is 12.3. The molecule has 2 aliphatic rings. The largest absolute Gasteiger partial charge is 0.402 e. The molecule has 1 aromatic rings. The molecule has 0 N–H and O–H groups in total. The van der Waals surface area contributed by atoms with Gasteiger partial charge in [0.15, 0.2) is 8.32 Å². The highest BCUT2D eigenvalue weighted by atomic mass is 28.4. The van der Waals surface area contributed by atoms with E-state index >= 15 is 0 Å². The van der Waals surface area contributed by atoms with Gasteiger partial charge in [0.05, 0.1) is 11.1 Å². The highest BCUT2D eigenvalue weighted by molar-refractivity contribution is 6.69. The predicted molar refractivity (Wildman–Crippen MR) is 104 cm³/mol. The second-order valence-electron chi connectivity index (χ2n) is 7.88. The molecule has 1 aliphatic carbocycles. The Bertz CT molecular complexity index is 770. The van der Waals surface area contributed by atoms with Gasteiger partial charge in [-0.1, -0.05) is 30.4 Å².